The zero-order chi connectivity index (χ0) is 12.2. The summed E-state index contributed by atoms with van der Waals surface area (Å²) in [4.78, 5) is 4.24. The Morgan fingerprint density at radius 3 is 3.00 bits per heavy atom. The minimum Gasteiger partial charge on any atom is -0.381 e. The number of hydrogen-bond donors (Lipinski definition) is 1. The number of imidazole rings is 1. The first kappa shape index (κ1) is 12.2. The van der Waals surface area contributed by atoms with Crippen molar-refractivity contribution in [1.29, 1.82) is 0 Å². The molecule has 1 N–H and O–H groups in total. The summed E-state index contributed by atoms with van der Waals surface area (Å²) in [6.45, 7) is 3.82. The lowest BCUT2D eigenvalue weighted by Gasteiger charge is -2.09. The summed E-state index contributed by atoms with van der Waals surface area (Å²) in [5.74, 6) is 0.872. The van der Waals surface area contributed by atoms with Crippen molar-refractivity contribution in [1.82, 2.24) is 14.9 Å². The zero-order valence-corrected chi connectivity index (χ0v) is 11.0. The Morgan fingerprint density at radius 1 is 1.33 bits per heavy atom. The van der Waals surface area contributed by atoms with E-state index in [1.807, 2.05) is 12.5 Å². The third-order valence-corrected chi connectivity index (χ3v) is 3.69. The van der Waals surface area contributed by atoms with E-state index < -0.39 is 0 Å². The van der Waals surface area contributed by atoms with Crippen molar-refractivity contribution in [3.05, 3.63) is 18.2 Å². The summed E-state index contributed by atoms with van der Waals surface area (Å²) in [6.07, 6.45) is 10.4. The van der Waals surface area contributed by atoms with Crippen LogP contribution in [0.5, 0.6) is 0 Å². The van der Waals surface area contributed by atoms with Crippen LogP contribution in [-0.4, -0.2) is 28.8 Å². The number of aromatic nitrogens is 2. The minimum absolute atomic E-state index is 0.759. The highest BCUT2D eigenvalue weighted by molar-refractivity contribution is 4.99. The van der Waals surface area contributed by atoms with Crippen LogP contribution in [0.3, 0.4) is 0 Å². The van der Waals surface area contributed by atoms with E-state index in [0.29, 0.717) is 0 Å². The average molecular weight is 249 g/mol. The highest BCUT2D eigenvalue weighted by Crippen LogP contribution is 2.28. The molecule has 4 heteroatoms. The van der Waals surface area contributed by atoms with E-state index in [9.17, 15) is 0 Å². The van der Waals surface area contributed by atoms with Crippen LogP contribution in [0, 0.1) is 5.92 Å². The normalized spacial score (nSPS) is 19.3. The number of aryl methyl sites for hydroxylation is 1. The number of rotatable bonds is 9. The Morgan fingerprint density at radius 2 is 2.22 bits per heavy atom. The third-order valence-electron chi connectivity index (χ3n) is 3.69. The molecule has 0 aromatic carbocycles. The highest BCUT2D eigenvalue weighted by atomic mass is 16.5. The lowest BCUT2D eigenvalue weighted by Crippen LogP contribution is -2.18. The van der Waals surface area contributed by atoms with E-state index in [0.717, 1.165) is 44.7 Å². The van der Waals surface area contributed by atoms with Crippen molar-refractivity contribution in [3.8, 4) is 0 Å². The topological polar surface area (TPSA) is 39.1 Å². The smallest absolute Gasteiger partial charge is 0.0948 e. The molecule has 2 aliphatic rings. The molecule has 2 fully saturated rings. The molecule has 0 bridgehead atoms. The summed E-state index contributed by atoms with van der Waals surface area (Å²) in [5.41, 5.74) is 1.30. The quantitative estimate of drug-likeness (QED) is 0.680. The van der Waals surface area contributed by atoms with Gasteiger partial charge in [-0.15, -0.1) is 0 Å². The molecule has 3 rings (SSSR count). The SMILES string of the molecule is c1ncn(CCCOCC2CC2)c1CNC1CC1. The van der Waals surface area contributed by atoms with Gasteiger partial charge < -0.3 is 14.6 Å². The van der Waals surface area contributed by atoms with Crippen LogP contribution < -0.4 is 5.32 Å². The second kappa shape index (κ2) is 5.85. The van der Waals surface area contributed by atoms with Crippen molar-refractivity contribution >= 4 is 0 Å². The molecule has 18 heavy (non-hydrogen) atoms. The third kappa shape index (κ3) is 3.82. The zero-order valence-electron chi connectivity index (χ0n) is 11.0. The van der Waals surface area contributed by atoms with Gasteiger partial charge in [0.05, 0.1) is 12.0 Å². The molecule has 0 saturated heterocycles. The molecule has 4 nitrogen and oxygen atoms in total. The summed E-state index contributed by atoms with van der Waals surface area (Å²) in [7, 11) is 0. The Balaban J connectivity index is 1.33. The van der Waals surface area contributed by atoms with Gasteiger partial charge in [-0.3, -0.25) is 0 Å². The van der Waals surface area contributed by atoms with E-state index in [2.05, 4.69) is 14.9 Å². The summed E-state index contributed by atoms with van der Waals surface area (Å²) in [5, 5.41) is 3.53. The van der Waals surface area contributed by atoms with Gasteiger partial charge in [-0.2, -0.15) is 0 Å². The van der Waals surface area contributed by atoms with E-state index in [1.54, 1.807) is 0 Å². The second-order valence-electron chi connectivity index (χ2n) is 5.61. The van der Waals surface area contributed by atoms with Gasteiger partial charge in [0.2, 0.25) is 0 Å². The Labute approximate surface area is 109 Å². The van der Waals surface area contributed by atoms with Gasteiger partial charge in [0.25, 0.3) is 0 Å². The molecule has 2 aliphatic carbocycles. The highest BCUT2D eigenvalue weighted by Gasteiger charge is 2.21. The second-order valence-corrected chi connectivity index (χ2v) is 5.61. The van der Waals surface area contributed by atoms with Crippen molar-refractivity contribution in [3.63, 3.8) is 0 Å². The van der Waals surface area contributed by atoms with Crippen LogP contribution in [0.1, 0.15) is 37.8 Å². The Kier molecular flexibility index (Phi) is 3.96. The number of nitrogens with one attached hydrogen (secondary N) is 1. The van der Waals surface area contributed by atoms with Crippen molar-refractivity contribution in [2.24, 2.45) is 5.92 Å². The predicted molar refractivity (Wildman–Crippen MR) is 70.2 cm³/mol. The van der Waals surface area contributed by atoms with Crippen LogP contribution in [0.15, 0.2) is 12.5 Å². The van der Waals surface area contributed by atoms with E-state index in [1.165, 1.54) is 31.4 Å². The van der Waals surface area contributed by atoms with Crippen LogP contribution in [0.4, 0.5) is 0 Å². The summed E-state index contributed by atoms with van der Waals surface area (Å²) in [6, 6.07) is 0.759. The standard InChI is InChI=1S/C14H23N3O/c1(7-18-10-12-2-3-12)6-17-11-15-8-14(17)9-16-13-4-5-13/h8,11-13,16H,1-7,9-10H2. The molecule has 1 aromatic rings. The molecule has 0 aliphatic heterocycles. The fraction of sp³-hybridized carbons (Fsp3) is 0.786. The van der Waals surface area contributed by atoms with Gasteiger partial charge in [0, 0.05) is 38.5 Å². The first-order valence-electron chi connectivity index (χ1n) is 7.22. The fourth-order valence-electron chi connectivity index (χ4n) is 2.10. The minimum atomic E-state index is 0.759. The molecule has 0 unspecified atom stereocenters. The number of nitrogens with zero attached hydrogens (tertiary/aromatic N) is 2. The molecule has 0 amide bonds. The molecule has 0 atom stereocenters. The van der Waals surface area contributed by atoms with Gasteiger partial charge in [0.1, 0.15) is 0 Å². The van der Waals surface area contributed by atoms with Crippen molar-refractivity contribution in [2.75, 3.05) is 13.2 Å². The molecule has 100 valence electrons. The van der Waals surface area contributed by atoms with Gasteiger partial charge >= 0.3 is 0 Å². The summed E-state index contributed by atoms with van der Waals surface area (Å²) < 4.78 is 7.90. The first-order valence-corrected chi connectivity index (χ1v) is 7.22. The Hall–Kier alpha value is -0.870. The molecule has 1 heterocycles. The van der Waals surface area contributed by atoms with Gasteiger partial charge in [0.15, 0.2) is 0 Å². The molecule has 0 radical (unpaired) electrons. The monoisotopic (exact) mass is 249 g/mol. The van der Waals surface area contributed by atoms with Crippen molar-refractivity contribution < 1.29 is 4.74 Å². The molecule has 2 saturated carbocycles. The maximum absolute atomic E-state index is 5.65. The number of hydrogen-bond acceptors (Lipinski definition) is 3. The number of ether oxygens (including phenoxy) is 1. The van der Waals surface area contributed by atoms with E-state index in [-0.39, 0.29) is 0 Å². The largest absolute Gasteiger partial charge is 0.381 e. The van der Waals surface area contributed by atoms with Crippen LogP contribution in [0.2, 0.25) is 0 Å². The van der Waals surface area contributed by atoms with E-state index >= 15 is 0 Å². The van der Waals surface area contributed by atoms with E-state index in [4.69, 9.17) is 4.74 Å². The predicted octanol–water partition coefficient (Wildman–Crippen LogP) is 1.95. The average Bonchev–Trinajstić information content (AvgIpc) is 3.28. The molecule has 1 aromatic heterocycles. The molecular weight excluding hydrogens is 226 g/mol. The fourth-order valence-corrected chi connectivity index (χ4v) is 2.10. The maximum atomic E-state index is 5.65. The maximum Gasteiger partial charge on any atom is 0.0948 e. The lowest BCUT2D eigenvalue weighted by molar-refractivity contribution is 0.119. The van der Waals surface area contributed by atoms with Crippen molar-refractivity contribution in [2.45, 2.75) is 51.2 Å². The lowest BCUT2D eigenvalue weighted by atomic mass is 10.4. The van der Waals surface area contributed by atoms with Crippen LogP contribution in [-0.2, 0) is 17.8 Å². The molecular formula is C14H23N3O. The van der Waals surface area contributed by atoms with Crippen LogP contribution in [0.25, 0.3) is 0 Å². The van der Waals surface area contributed by atoms with Gasteiger partial charge in [-0.25, -0.2) is 4.98 Å². The first-order chi connectivity index (χ1) is 8.92. The van der Waals surface area contributed by atoms with Gasteiger partial charge in [-0.05, 0) is 38.0 Å². The summed E-state index contributed by atoms with van der Waals surface area (Å²) >= 11 is 0. The van der Waals surface area contributed by atoms with Gasteiger partial charge in [-0.1, -0.05) is 0 Å². The molecule has 0 spiro atoms. The van der Waals surface area contributed by atoms with Crippen LogP contribution >= 0.6 is 0 Å². The Bertz CT molecular complexity index is 369.